The van der Waals surface area contributed by atoms with Crippen molar-refractivity contribution in [2.45, 2.75) is 19.5 Å². The maximum Gasteiger partial charge on any atom is 0.327 e. The molecule has 2 aromatic carbocycles. The van der Waals surface area contributed by atoms with Crippen LogP contribution in [0.15, 0.2) is 42.5 Å². The molecule has 0 aliphatic rings. The van der Waals surface area contributed by atoms with Crippen LogP contribution in [-0.4, -0.2) is 27.2 Å². The molecule has 0 spiro atoms. The summed E-state index contributed by atoms with van der Waals surface area (Å²) in [7, 11) is 1.91. The molecule has 2 N–H and O–H groups in total. The van der Waals surface area contributed by atoms with Crippen molar-refractivity contribution in [2.24, 2.45) is 7.05 Å². The van der Waals surface area contributed by atoms with Crippen molar-refractivity contribution in [3.63, 3.8) is 0 Å². The quantitative estimate of drug-likeness (QED) is 0.648. The van der Waals surface area contributed by atoms with Crippen molar-refractivity contribution in [3.05, 3.63) is 58.9 Å². The summed E-state index contributed by atoms with van der Waals surface area (Å²) in [5.74, 6) is 0.451. The molecule has 1 heterocycles. The molecule has 0 aliphatic carbocycles. The molecule has 0 bridgehead atoms. The number of aromatic hydroxyl groups is 1. The van der Waals surface area contributed by atoms with Crippen LogP contribution in [0.2, 0.25) is 5.02 Å². The lowest BCUT2D eigenvalue weighted by atomic mass is 10.1. The Morgan fingerprint density at radius 1 is 1.35 bits per heavy atom. The first-order valence-corrected chi connectivity index (χ1v) is 8.67. The zero-order valence-electron chi connectivity index (χ0n) is 14.6. The number of imidazole rings is 1. The summed E-state index contributed by atoms with van der Waals surface area (Å²) in [6.45, 7) is 2.38. The van der Waals surface area contributed by atoms with E-state index in [0.717, 1.165) is 16.9 Å². The first-order valence-electron chi connectivity index (χ1n) is 8.29. The third-order valence-corrected chi connectivity index (χ3v) is 4.36. The van der Waals surface area contributed by atoms with Crippen LogP contribution < -0.4 is 5.32 Å². The molecule has 0 saturated carbocycles. The third-order valence-electron chi connectivity index (χ3n) is 4.13. The van der Waals surface area contributed by atoms with Gasteiger partial charge >= 0.3 is 5.97 Å². The van der Waals surface area contributed by atoms with Crippen LogP contribution in [0.3, 0.4) is 0 Å². The average Bonchev–Trinajstić information content (AvgIpc) is 2.91. The van der Waals surface area contributed by atoms with Gasteiger partial charge in [-0.15, -0.1) is 0 Å². The SMILES string of the molecule is CCOC(=O)C(NCc1nc2cc(Cl)ccc2n1C)c1cccc(O)c1. The Kier molecular flexibility index (Phi) is 5.44. The van der Waals surface area contributed by atoms with Crippen LogP contribution in [0.1, 0.15) is 24.4 Å². The number of esters is 1. The van der Waals surface area contributed by atoms with E-state index in [0.29, 0.717) is 17.1 Å². The zero-order chi connectivity index (χ0) is 18.7. The topological polar surface area (TPSA) is 76.4 Å². The van der Waals surface area contributed by atoms with Gasteiger partial charge < -0.3 is 14.4 Å². The van der Waals surface area contributed by atoms with Gasteiger partial charge in [0.15, 0.2) is 0 Å². The van der Waals surface area contributed by atoms with Gasteiger partial charge in [-0.25, -0.2) is 9.78 Å². The van der Waals surface area contributed by atoms with E-state index in [1.165, 1.54) is 0 Å². The summed E-state index contributed by atoms with van der Waals surface area (Å²) >= 11 is 6.03. The van der Waals surface area contributed by atoms with Crippen LogP contribution in [0.4, 0.5) is 0 Å². The summed E-state index contributed by atoms with van der Waals surface area (Å²) in [6.07, 6.45) is 0. The molecule has 3 aromatic rings. The molecule has 0 amide bonds. The molecular weight excluding hydrogens is 354 g/mol. The van der Waals surface area contributed by atoms with Crippen LogP contribution in [0, 0.1) is 0 Å². The highest BCUT2D eigenvalue weighted by atomic mass is 35.5. The minimum atomic E-state index is -0.703. The second-order valence-corrected chi connectivity index (χ2v) is 6.32. The fourth-order valence-electron chi connectivity index (χ4n) is 2.84. The summed E-state index contributed by atoms with van der Waals surface area (Å²) in [5.41, 5.74) is 2.38. The van der Waals surface area contributed by atoms with Crippen molar-refractivity contribution in [2.75, 3.05) is 6.61 Å². The number of nitrogens with one attached hydrogen (secondary N) is 1. The van der Waals surface area contributed by atoms with Gasteiger partial charge in [0, 0.05) is 12.1 Å². The highest BCUT2D eigenvalue weighted by Crippen LogP contribution is 2.22. The number of hydrogen-bond acceptors (Lipinski definition) is 5. The number of aromatic nitrogens is 2. The highest BCUT2D eigenvalue weighted by Gasteiger charge is 2.22. The minimum absolute atomic E-state index is 0.0935. The molecule has 1 aromatic heterocycles. The Morgan fingerprint density at radius 2 is 2.15 bits per heavy atom. The van der Waals surface area contributed by atoms with E-state index >= 15 is 0 Å². The number of phenols is 1. The first kappa shape index (κ1) is 18.2. The lowest BCUT2D eigenvalue weighted by molar-refractivity contribution is -0.145. The van der Waals surface area contributed by atoms with Crippen molar-refractivity contribution in [1.82, 2.24) is 14.9 Å². The van der Waals surface area contributed by atoms with Gasteiger partial charge in [0.05, 0.1) is 24.2 Å². The third kappa shape index (κ3) is 3.81. The predicted molar refractivity (Wildman–Crippen MR) is 100 cm³/mol. The van der Waals surface area contributed by atoms with E-state index in [9.17, 15) is 9.90 Å². The molecular formula is C19H20ClN3O3. The van der Waals surface area contributed by atoms with Gasteiger partial charge in [0.2, 0.25) is 0 Å². The van der Waals surface area contributed by atoms with Crippen molar-refractivity contribution >= 4 is 28.6 Å². The van der Waals surface area contributed by atoms with Gasteiger partial charge in [0.1, 0.15) is 17.6 Å². The van der Waals surface area contributed by atoms with E-state index in [-0.39, 0.29) is 12.4 Å². The fraction of sp³-hybridized carbons (Fsp3) is 0.263. The Balaban J connectivity index is 1.86. The van der Waals surface area contributed by atoms with Crippen LogP contribution in [-0.2, 0) is 23.1 Å². The molecule has 0 saturated heterocycles. The maximum atomic E-state index is 12.4. The van der Waals surface area contributed by atoms with Gasteiger partial charge in [-0.05, 0) is 42.8 Å². The molecule has 0 radical (unpaired) electrons. The van der Waals surface area contributed by atoms with Gasteiger partial charge in [-0.2, -0.15) is 0 Å². The predicted octanol–water partition coefficient (Wildman–Crippen LogP) is 3.33. The number of ether oxygens (including phenoxy) is 1. The number of nitrogens with zero attached hydrogens (tertiary/aromatic N) is 2. The number of halogens is 1. The molecule has 1 atom stereocenters. The Hall–Kier alpha value is -2.57. The number of hydrogen-bond donors (Lipinski definition) is 2. The number of aryl methyl sites for hydroxylation is 1. The monoisotopic (exact) mass is 373 g/mol. The number of carbonyl (C=O) groups is 1. The van der Waals surface area contributed by atoms with Crippen LogP contribution in [0.5, 0.6) is 5.75 Å². The van der Waals surface area contributed by atoms with Gasteiger partial charge in [0.25, 0.3) is 0 Å². The van der Waals surface area contributed by atoms with Crippen LogP contribution in [0.25, 0.3) is 11.0 Å². The second kappa shape index (κ2) is 7.76. The standard InChI is InChI=1S/C19H20ClN3O3/c1-3-26-19(25)18(12-5-4-6-14(24)9-12)21-11-17-22-15-10-13(20)7-8-16(15)23(17)2/h4-10,18,21,24H,3,11H2,1-2H3. The molecule has 6 nitrogen and oxygen atoms in total. The number of carbonyl (C=O) groups excluding carboxylic acids is 1. The average molecular weight is 374 g/mol. The van der Waals surface area contributed by atoms with Crippen molar-refractivity contribution in [1.29, 1.82) is 0 Å². The molecule has 136 valence electrons. The molecule has 3 rings (SSSR count). The number of benzene rings is 2. The van der Waals surface area contributed by atoms with E-state index in [4.69, 9.17) is 16.3 Å². The summed E-state index contributed by atoms with van der Waals surface area (Å²) in [4.78, 5) is 16.9. The fourth-order valence-corrected chi connectivity index (χ4v) is 3.01. The first-order chi connectivity index (χ1) is 12.5. The lowest BCUT2D eigenvalue weighted by Crippen LogP contribution is -2.30. The van der Waals surface area contributed by atoms with Gasteiger partial charge in [-0.1, -0.05) is 23.7 Å². The van der Waals surface area contributed by atoms with E-state index in [1.54, 1.807) is 37.3 Å². The van der Waals surface area contributed by atoms with Gasteiger partial charge in [-0.3, -0.25) is 5.32 Å². The summed E-state index contributed by atoms with van der Waals surface area (Å²) < 4.78 is 7.11. The Labute approximate surface area is 156 Å². The minimum Gasteiger partial charge on any atom is -0.508 e. The normalized spacial score (nSPS) is 12.3. The Morgan fingerprint density at radius 3 is 2.88 bits per heavy atom. The van der Waals surface area contributed by atoms with E-state index in [1.807, 2.05) is 23.7 Å². The summed E-state index contributed by atoms with van der Waals surface area (Å²) in [5, 5.41) is 13.5. The van der Waals surface area contributed by atoms with Crippen molar-refractivity contribution in [3.8, 4) is 5.75 Å². The molecule has 0 aliphatic heterocycles. The molecule has 7 heteroatoms. The van der Waals surface area contributed by atoms with E-state index in [2.05, 4.69) is 10.3 Å². The van der Waals surface area contributed by atoms with E-state index < -0.39 is 12.0 Å². The smallest absolute Gasteiger partial charge is 0.327 e. The Bertz CT molecular complexity index is 939. The largest absolute Gasteiger partial charge is 0.508 e. The molecule has 26 heavy (non-hydrogen) atoms. The summed E-state index contributed by atoms with van der Waals surface area (Å²) in [6, 6.07) is 11.4. The number of phenolic OH excluding ortho intramolecular Hbond substituents is 1. The second-order valence-electron chi connectivity index (χ2n) is 5.88. The maximum absolute atomic E-state index is 12.4. The zero-order valence-corrected chi connectivity index (χ0v) is 15.3. The highest BCUT2D eigenvalue weighted by molar-refractivity contribution is 6.31. The van der Waals surface area contributed by atoms with Crippen molar-refractivity contribution < 1.29 is 14.6 Å². The lowest BCUT2D eigenvalue weighted by Gasteiger charge is -2.17. The number of fused-ring (bicyclic) bond motifs is 1. The van der Waals surface area contributed by atoms with Crippen LogP contribution >= 0.6 is 11.6 Å². The molecule has 0 fully saturated rings. The number of rotatable bonds is 6. The molecule has 1 unspecified atom stereocenters.